The van der Waals surface area contributed by atoms with Crippen LogP contribution in [-0.2, 0) is 10.2 Å². The number of rotatable bonds is 5. The normalized spacial score (nSPS) is 24.7. The van der Waals surface area contributed by atoms with Crippen molar-refractivity contribution in [2.24, 2.45) is 0 Å². The number of alkyl halides is 2. The second-order valence-electron chi connectivity index (χ2n) is 4.43. The molecule has 0 amide bonds. The van der Waals surface area contributed by atoms with E-state index in [1.54, 1.807) is 24.3 Å². The molecule has 1 atom stereocenters. The van der Waals surface area contributed by atoms with Crippen LogP contribution in [0.4, 0.5) is 0 Å². The number of ether oxygens (including phenoxy) is 1. The van der Waals surface area contributed by atoms with E-state index in [-0.39, 0.29) is 0 Å². The molecular weight excluding hydrogens is 294 g/mol. The Hall–Kier alpha value is -0.440. The first-order valence-corrected chi connectivity index (χ1v) is 6.88. The molecule has 0 spiro atoms. The molecule has 0 N–H and O–H groups in total. The Morgan fingerprint density at radius 1 is 1.33 bits per heavy atom. The van der Waals surface area contributed by atoms with Gasteiger partial charge in [0.15, 0.2) is 0 Å². The highest BCUT2D eigenvalue weighted by atomic mass is 35.5. The van der Waals surface area contributed by atoms with Crippen molar-refractivity contribution < 1.29 is 9.53 Å². The maximum absolute atomic E-state index is 11.6. The fourth-order valence-corrected chi connectivity index (χ4v) is 3.21. The van der Waals surface area contributed by atoms with E-state index in [0.717, 1.165) is 17.7 Å². The van der Waals surface area contributed by atoms with E-state index in [1.807, 2.05) is 6.92 Å². The molecule has 1 aliphatic rings. The smallest absolute Gasteiger partial charge is 0.235 e. The van der Waals surface area contributed by atoms with Crippen molar-refractivity contribution in [3.05, 3.63) is 29.8 Å². The lowest BCUT2D eigenvalue weighted by Crippen LogP contribution is -2.22. The first-order valence-electron chi connectivity index (χ1n) is 5.75. The molecule has 5 heteroatoms. The zero-order valence-electron chi connectivity index (χ0n) is 9.88. The van der Waals surface area contributed by atoms with Crippen LogP contribution in [0.25, 0.3) is 0 Å². The first-order chi connectivity index (χ1) is 8.44. The Labute approximate surface area is 121 Å². The highest BCUT2D eigenvalue weighted by Gasteiger charge is 2.71. The first kappa shape index (κ1) is 14.0. The standard InChI is InChI=1S/C13H13Cl3O2/c1-2-7-18-10-5-3-9(4-6-10)12(11(14)17)8-13(12,15)16/h3-6H,2,7-8H2,1H3. The van der Waals surface area contributed by atoms with Gasteiger partial charge in [-0.3, -0.25) is 4.79 Å². The minimum absolute atomic E-state index is 0.348. The van der Waals surface area contributed by atoms with Gasteiger partial charge < -0.3 is 4.74 Å². The van der Waals surface area contributed by atoms with Gasteiger partial charge >= 0.3 is 0 Å². The van der Waals surface area contributed by atoms with Gasteiger partial charge in [-0.2, -0.15) is 0 Å². The predicted molar refractivity (Wildman–Crippen MR) is 73.8 cm³/mol. The molecule has 1 aliphatic carbocycles. The summed E-state index contributed by atoms with van der Waals surface area (Å²) in [5.41, 5.74) is -0.239. The topological polar surface area (TPSA) is 26.3 Å². The van der Waals surface area contributed by atoms with Gasteiger partial charge in [-0.15, -0.1) is 23.2 Å². The van der Waals surface area contributed by atoms with Crippen LogP contribution in [0.5, 0.6) is 5.75 Å². The van der Waals surface area contributed by atoms with E-state index in [4.69, 9.17) is 39.5 Å². The molecule has 98 valence electrons. The maximum atomic E-state index is 11.6. The van der Waals surface area contributed by atoms with Crippen LogP contribution in [0.3, 0.4) is 0 Å². The molecule has 0 aliphatic heterocycles. The number of hydrogen-bond acceptors (Lipinski definition) is 2. The van der Waals surface area contributed by atoms with Crippen molar-refractivity contribution >= 4 is 40.0 Å². The van der Waals surface area contributed by atoms with Crippen LogP contribution in [0.1, 0.15) is 25.3 Å². The van der Waals surface area contributed by atoms with Crippen LogP contribution in [0.15, 0.2) is 24.3 Å². The highest BCUT2D eigenvalue weighted by Crippen LogP contribution is 2.65. The SMILES string of the molecule is CCCOc1ccc(C2(C(=O)Cl)CC2(Cl)Cl)cc1. The third-order valence-corrected chi connectivity index (χ3v) is 4.38. The quantitative estimate of drug-likeness (QED) is 0.606. The average Bonchev–Trinajstić information content (AvgIpc) is 2.92. The Morgan fingerprint density at radius 3 is 2.28 bits per heavy atom. The lowest BCUT2D eigenvalue weighted by Gasteiger charge is -2.14. The monoisotopic (exact) mass is 306 g/mol. The third kappa shape index (κ3) is 2.22. The summed E-state index contributed by atoms with van der Waals surface area (Å²) in [5.74, 6) is 0.758. The molecule has 1 fully saturated rings. The van der Waals surface area contributed by atoms with Crippen molar-refractivity contribution in [1.29, 1.82) is 0 Å². The Bertz CT molecular complexity index is 456. The summed E-state index contributed by atoms with van der Waals surface area (Å²) in [6.07, 6.45) is 1.29. The van der Waals surface area contributed by atoms with Crippen molar-refractivity contribution in [3.8, 4) is 5.75 Å². The summed E-state index contributed by atoms with van der Waals surface area (Å²) in [4.78, 5) is 11.6. The van der Waals surface area contributed by atoms with E-state index in [0.29, 0.717) is 13.0 Å². The molecule has 0 aromatic heterocycles. The van der Waals surface area contributed by atoms with Gasteiger partial charge in [0.2, 0.25) is 5.24 Å². The van der Waals surface area contributed by atoms with E-state index < -0.39 is 15.0 Å². The van der Waals surface area contributed by atoms with Gasteiger partial charge in [-0.25, -0.2) is 0 Å². The Balaban J connectivity index is 2.22. The minimum Gasteiger partial charge on any atom is -0.494 e. The zero-order valence-corrected chi connectivity index (χ0v) is 12.1. The molecule has 18 heavy (non-hydrogen) atoms. The van der Waals surface area contributed by atoms with Gasteiger partial charge in [0.05, 0.1) is 6.61 Å². The van der Waals surface area contributed by atoms with Crippen molar-refractivity contribution in [2.45, 2.75) is 29.5 Å². The molecule has 0 radical (unpaired) electrons. The van der Waals surface area contributed by atoms with Crippen LogP contribution in [0.2, 0.25) is 0 Å². The second kappa shape index (κ2) is 4.92. The van der Waals surface area contributed by atoms with E-state index >= 15 is 0 Å². The van der Waals surface area contributed by atoms with Crippen molar-refractivity contribution in [2.75, 3.05) is 6.61 Å². The summed E-state index contributed by atoms with van der Waals surface area (Å²) >= 11 is 17.7. The molecule has 1 aromatic rings. The summed E-state index contributed by atoms with van der Waals surface area (Å²) in [7, 11) is 0. The molecule has 1 saturated carbocycles. The molecule has 1 unspecified atom stereocenters. The average molecular weight is 308 g/mol. The predicted octanol–water partition coefficient (Wildman–Crippen LogP) is 4.06. The van der Waals surface area contributed by atoms with Crippen molar-refractivity contribution in [3.63, 3.8) is 0 Å². The summed E-state index contributed by atoms with van der Waals surface area (Å²) in [6, 6.07) is 7.18. The van der Waals surface area contributed by atoms with E-state index in [2.05, 4.69) is 0 Å². The Morgan fingerprint density at radius 2 is 1.89 bits per heavy atom. The number of hydrogen-bond donors (Lipinski definition) is 0. The molecule has 2 nitrogen and oxygen atoms in total. The zero-order chi connectivity index (χ0) is 13.4. The number of carbonyl (C=O) groups excluding carboxylic acids is 1. The summed E-state index contributed by atoms with van der Waals surface area (Å²) < 4.78 is 4.37. The molecule has 0 bridgehead atoms. The van der Waals surface area contributed by atoms with E-state index in [9.17, 15) is 4.79 Å². The largest absolute Gasteiger partial charge is 0.494 e. The van der Waals surface area contributed by atoms with Crippen LogP contribution < -0.4 is 4.74 Å². The maximum Gasteiger partial charge on any atom is 0.235 e. The van der Waals surface area contributed by atoms with Gasteiger partial charge in [-0.05, 0) is 35.7 Å². The molecule has 2 rings (SSSR count). The third-order valence-electron chi connectivity index (χ3n) is 3.14. The number of benzene rings is 1. The van der Waals surface area contributed by atoms with Crippen LogP contribution in [-0.4, -0.2) is 16.2 Å². The number of carbonyl (C=O) groups is 1. The highest BCUT2D eigenvalue weighted by molar-refractivity contribution is 6.70. The molecular formula is C13H13Cl3O2. The van der Waals surface area contributed by atoms with Gasteiger partial charge in [0.25, 0.3) is 0 Å². The second-order valence-corrected chi connectivity index (χ2v) is 6.26. The Kier molecular flexibility index (Phi) is 3.82. The lowest BCUT2D eigenvalue weighted by atomic mass is 9.97. The van der Waals surface area contributed by atoms with Gasteiger partial charge in [-0.1, -0.05) is 19.1 Å². The number of halogens is 3. The van der Waals surface area contributed by atoms with Crippen LogP contribution >= 0.6 is 34.8 Å². The van der Waals surface area contributed by atoms with Crippen molar-refractivity contribution in [1.82, 2.24) is 0 Å². The molecule has 0 saturated heterocycles. The van der Waals surface area contributed by atoms with Gasteiger partial charge in [0.1, 0.15) is 15.5 Å². The summed E-state index contributed by atoms with van der Waals surface area (Å²) in [5, 5.41) is -0.519. The molecule has 1 aromatic carbocycles. The van der Waals surface area contributed by atoms with Gasteiger partial charge in [0, 0.05) is 6.42 Å². The fourth-order valence-electron chi connectivity index (χ4n) is 1.98. The fraction of sp³-hybridized carbons (Fsp3) is 0.462. The summed E-state index contributed by atoms with van der Waals surface area (Å²) in [6.45, 7) is 2.70. The molecule has 0 heterocycles. The van der Waals surface area contributed by atoms with E-state index in [1.165, 1.54) is 0 Å². The minimum atomic E-state index is -1.10. The van der Waals surface area contributed by atoms with Crippen LogP contribution in [0, 0.1) is 0 Å². The lowest BCUT2D eigenvalue weighted by molar-refractivity contribution is -0.113.